The van der Waals surface area contributed by atoms with Gasteiger partial charge in [-0.2, -0.15) is 0 Å². The number of hydrogen-bond acceptors (Lipinski definition) is 2. The highest BCUT2D eigenvalue weighted by Gasteiger charge is 2.18. The van der Waals surface area contributed by atoms with Gasteiger partial charge in [0, 0.05) is 12.1 Å². The van der Waals surface area contributed by atoms with E-state index >= 15 is 0 Å². The Morgan fingerprint density at radius 1 is 1.42 bits per heavy atom. The molecular weight excluding hydrogens is 311 g/mol. The van der Waals surface area contributed by atoms with Crippen LogP contribution in [0.1, 0.15) is 33.3 Å². The van der Waals surface area contributed by atoms with E-state index in [1.807, 2.05) is 26.8 Å². The number of halogens is 2. The van der Waals surface area contributed by atoms with E-state index in [9.17, 15) is 9.18 Å². The van der Waals surface area contributed by atoms with Gasteiger partial charge in [-0.3, -0.25) is 4.79 Å². The Hall–Kier alpha value is -0.940. The summed E-state index contributed by atoms with van der Waals surface area (Å²) in [6.45, 7) is 8.03. The lowest BCUT2D eigenvalue weighted by Crippen LogP contribution is -2.49. The molecule has 1 rings (SSSR count). The third kappa shape index (κ3) is 5.70. The first-order valence-corrected chi connectivity index (χ1v) is 6.97. The Morgan fingerprint density at radius 2 is 2.05 bits per heavy atom. The van der Waals surface area contributed by atoms with Crippen LogP contribution >= 0.6 is 15.9 Å². The van der Waals surface area contributed by atoms with Gasteiger partial charge in [0.25, 0.3) is 0 Å². The van der Waals surface area contributed by atoms with Crippen LogP contribution in [0.4, 0.5) is 4.39 Å². The van der Waals surface area contributed by atoms with Crippen molar-refractivity contribution in [2.75, 3.05) is 0 Å². The van der Waals surface area contributed by atoms with Crippen LogP contribution in [0.2, 0.25) is 0 Å². The zero-order valence-electron chi connectivity index (χ0n) is 11.7. The second-order valence-electron chi connectivity index (χ2n) is 5.59. The Bertz CT molecular complexity index is 457. The normalized spacial score (nSPS) is 13.2. The maximum absolute atomic E-state index is 13.3. The van der Waals surface area contributed by atoms with Crippen LogP contribution in [-0.2, 0) is 11.3 Å². The van der Waals surface area contributed by atoms with E-state index in [4.69, 9.17) is 0 Å². The molecule has 106 valence electrons. The van der Waals surface area contributed by atoms with Crippen molar-refractivity contribution in [3.8, 4) is 0 Å². The minimum absolute atomic E-state index is 0.0647. The van der Waals surface area contributed by atoms with Crippen molar-refractivity contribution in [2.24, 2.45) is 0 Å². The molecular formula is C14H20BrFN2O. The van der Waals surface area contributed by atoms with Crippen molar-refractivity contribution in [3.63, 3.8) is 0 Å². The zero-order valence-corrected chi connectivity index (χ0v) is 13.3. The lowest BCUT2D eigenvalue weighted by Gasteiger charge is -2.23. The highest BCUT2D eigenvalue weighted by molar-refractivity contribution is 9.10. The van der Waals surface area contributed by atoms with Crippen molar-refractivity contribution in [2.45, 2.75) is 45.8 Å². The second-order valence-corrected chi connectivity index (χ2v) is 6.44. The average Bonchev–Trinajstić information content (AvgIpc) is 2.28. The molecule has 1 aromatic carbocycles. The Morgan fingerprint density at radius 3 is 2.58 bits per heavy atom. The molecule has 1 atom stereocenters. The van der Waals surface area contributed by atoms with E-state index in [2.05, 4.69) is 26.6 Å². The second kappa shape index (κ2) is 6.48. The minimum Gasteiger partial charge on any atom is -0.350 e. The van der Waals surface area contributed by atoms with Gasteiger partial charge < -0.3 is 10.6 Å². The van der Waals surface area contributed by atoms with Gasteiger partial charge in [0.05, 0.1) is 10.5 Å². The lowest BCUT2D eigenvalue weighted by molar-refractivity contribution is -0.124. The minimum atomic E-state index is -0.328. The predicted molar refractivity (Wildman–Crippen MR) is 78.3 cm³/mol. The molecule has 1 aromatic rings. The molecule has 0 saturated heterocycles. The van der Waals surface area contributed by atoms with Crippen LogP contribution in [-0.4, -0.2) is 17.5 Å². The number of benzene rings is 1. The van der Waals surface area contributed by atoms with E-state index in [1.54, 1.807) is 13.0 Å². The number of hydrogen-bond donors (Lipinski definition) is 2. The Labute approximate surface area is 122 Å². The van der Waals surface area contributed by atoms with E-state index in [-0.39, 0.29) is 23.3 Å². The monoisotopic (exact) mass is 330 g/mol. The van der Waals surface area contributed by atoms with Crippen LogP contribution in [0.15, 0.2) is 22.7 Å². The predicted octanol–water partition coefficient (Wildman–Crippen LogP) is 2.98. The molecule has 1 amide bonds. The van der Waals surface area contributed by atoms with Crippen LogP contribution in [0, 0.1) is 5.82 Å². The third-order valence-corrected chi connectivity index (χ3v) is 3.13. The fraction of sp³-hybridized carbons (Fsp3) is 0.500. The number of carbonyl (C=O) groups excluding carboxylic acids is 1. The van der Waals surface area contributed by atoms with E-state index < -0.39 is 0 Å². The molecule has 1 unspecified atom stereocenters. The van der Waals surface area contributed by atoms with Gasteiger partial charge in [-0.25, -0.2) is 4.39 Å². The SMILES string of the molecule is CC(NCc1ccc(Br)c(F)c1)C(=O)NC(C)(C)C. The highest BCUT2D eigenvalue weighted by atomic mass is 79.9. The zero-order chi connectivity index (χ0) is 14.6. The number of rotatable bonds is 4. The molecule has 19 heavy (non-hydrogen) atoms. The first-order chi connectivity index (χ1) is 8.69. The summed E-state index contributed by atoms with van der Waals surface area (Å²) < 4.78 is 13.8. The first-order valence-electron chi connectivity index (χ1n) is 6.18. The molecule has 0 spiro atoms. The van der Waals surface area contributed by atoms with Crippen molar-refractivity contribution in [1.82, 2.24) is 10.6 Å². The molecule has 2 N–H and O–H groups in total. The largest absolute Gasteiger partial charge is 0.350 e. The van der Waals surface area contributed by atoms with E-state index in [0.717, 1.165) is 5.56 Å². The summed E-state index contributed by atoms with van der Waals surface area (Å²) in [5.41, 5.74) is 0.549. The maximum Gasteiger partial charge on any atom is 0.237 e. The standard InChI is InChI=1S/C14H20BrFN2O/c1-9(13(19)18-14(2,3)4)17-8-10-5-6-11(15)12(16)7-10/h5-7,9,17H,8H2,1-4H3,(H,18,19). The Kier molecular flexibility index (Phi) is 5.50. The molecule has 3 nitrogen and oxygen atoms in total. The van der Waals surface area contributed by atoms with Gasteiger partial charge in [0.2, 0.25) is 5.91 Å². The summed E-state index contributed by atoms with van der Waals surface area (Å²) in [4.78, 5) is 11.8. The Balaban J connectivity index is 2.52. The fourth-order valence-corrected chi connectivity index (χ4v) is 1.74. The molecule has 5 heteroatoms. The quantitative estimate of drug-likeness (QED) is 0.891. The van der Waals surface area contributed by atoms with Gasteiger partial charge in [0.15, 0.2) is 0 Å². The molecule has 0 fully saturated rings. The van der Waals surface area contributed by atoms with E-state index in [0.29, 0.717) is 11.0 Å². The molecule has 0 aliphatic heterocycles. The van der Waals surface area contributed by atoms with Gasteiger partial charge in [-0.1, -0.05) is 6.07 Å². The maximum atomic E-state index is 13.3. The van der Waals surface area contributed by atoms with Crippen molar-refractivity contribution in [1.29, 1.82) is 0 Å². The summed E-state index contributed by atoms with van der Waals surface area (Å²) in [5, 5.41) is 5.97. The smallest absolute Gasteiger partial charge is 0.237 e. The van der Waals surface area contributed by atoms with Gasteiger partial charge in [-0.15, -0.1) is 0 Å². The highest BCUT2D eigenvalue weighted by Crippen LogP contribution is 2.16. The van der Waals surface area contributed by atoms with Crippen LogP contribution in [0.25, 0.3) is 0 Å². The molecule has 0 radical (unpaired) electrons. The number of carbonyl (C=O) groups is 1. The van der Waals surface area contributed by atoms with Gasteiger partial charge in [-0.05, 0) is 61.3 Å². The molecule has 0 saturated carbocycles. The molecule has 0 aliphatic rings. The molecule has 0 aliphatic carbocycles. The topological polar surface area (TPSA) is 41.1 Å². The van der Waals surface area contributed by atoms with Crippen molar-refractivity contribution >= 4 is 21.8 Å². The summed E-state index contributed by atoms with van der Waals surface area (Å²) >= 11 is 3.11. The van der Waals surface area contributed by atoms with Crippen LogP contribution in [0.3, 0.4) is 0 Å². The summed E-state index contributed by atoms with van der Waals surface area (Å²) in [6, 6.07) is 4.60. The van der Waals surface area contributed by atoms with Gasteiger partial charge in [0.1, 0.15) is 5.82 Å². The molecule has 0 aromatic heterocycles. The van der Waals surface area contributed by atoms with Crippen LogP contribution in [0.5, 0.6) is 0 Å². The van der Waals surface area contributed by atoms with Crippen molar-refractivity contribution < 1.29 is 9.18 Å². The summed E-state index contributed by atoms with van der Waals surface area (Å²) in [6.07, 6.45) is 0. The van der Waals surface area contributed by atoms with Crippen molar-refractivity contribution in [3.05, 3.63) is 34.1 Å². The average molecular weight is 331 g/mol. The van der Waals surface area contributed by atoms with Gasteiger partial charge >= 0.3 is 0 Å². The van der Waals surface area contributed by atoms with E-state index in [1.165, 1.54) is 6.07 Å². The lowest BCUT2D eigenvalue weighted by atomic mass is 10.1. The molecule has 0 bridgehead atoms. The number of amides is 1. The fourth-order valence-electron chi connectivity index (χ4n) is 1.49. The number of nitrogens with one attached hydrogen (secondary N) is 2. The summed E-state index contributed by atoms with van der Waals surface area (Å²) in [5.74, 6) is -0.365. The summed E-state index contributed by atoms with van der Waals surface area (Å²) in [7, 11) is 0. The van der Waals surface area contributed by atoms with Crippen LogP contribution < -0.4 is 10.6 Å². The first kappa shape index (κ1) is 16.1. The third-order valence-electron chi connectivity index (χ3n) is 2.49. The molecule has 0 heterocycles.